The van der Waals surface area contributed by atoms with Crippen LogP contribution in [0.5, 0.6) is 0 Å². The van der Waals surface area contributed by atoms with Crippen molar-refractivity contribution in [2.75, 3.05) is 0 Å². The summed E-state index contributed by atoms with van der Waals surface area (Å²) in [4.78, 5) is 4.90. The van der Waals surface area contributed by atoms with Gasteiger partial charge in [0.2, 0.25) is 0 Å². The highest BCUT2D eigenvalue weighted by Crippen LogP contribution is 2.43. The number of para-hydroxylation sites is 2. The fraction of sp³-hybridized carbons (Fsp3) is 0.533. The molecule has 1 aliphatic heterocycles. The largest absolute Gasteiger partial charge is 0.328 e. The van der Waals surface area contributed by atoms with Crippen LogP contribution in [0.3, 0.4) is 0 Å². The van der Waals surface area contributed by atoms with Crippen LogP contribution in [0.1, 0.15) is 43.8 Å². The number of imidazole rings is 1. The van der Waals surface area contributed by atoms with Crippen LogP contribution in [0.15, 0.2) is 24.3 Å². The van der Waals surface area contributed by atoms with Crippen molar-refractivity contribution in [3.8, 4) is 0 Å². The molecule has 1 fully saturated rings. The maximum atomic E-state index is 4.90. The van der Waals surface area contributed by atoms with Crippen molar-refractivity contribution < 1.29 is 0 Å². The molecule has 1 saturated carbocycles. The van der Waals surface area contributed by atoms with Crippen LogP contribution in [0.4, 0.5) is 0 Å². The van der Waals surface area contributed by atoms with Crippen molar-refractivity contribution in [2.24, 2.45) is 5.92 Å². The van der Waals surface area contributed by atoms with E-state index >= 15 is 0 Å². The predicted octanol–water partition coefficient (Wildman–Crippen LogP) is 3.71. The van der Waals surface area contributed by atoms with Gasteiger partial charge in [0.05, 0.1) is 11.0 Å². The van der Waals surface area contributed by atoms with Gasteiger partial charge in [0.25, 0.3) is 0 Å². The second kappa shape index (κ2) is 3.59. The molecule has 1 aliphatic carbocycles. The zero-order chi connectivity index (χ0) is 11.2. The summed E-state index contributed by atoms with van der Waals surface area (Å²) in [5.74, 6) is 3.03. The molecule has 0 spiro atoms. The number of aryl methyl sites for hydroxylation is 1. The molecule has 2 unspecified atom stereocenters. The van der Waals surface area contributed by atoms with Crippen LogP contribution in [0, 0.1) is 5.92 Å². The molecule has 0 saturated heterocycles. The number of rotatable bonds is 0. The van der Waals surface area contributed by atoms with Crippen LogP contribution in [0.2, 0.25) is 0 Å². The Kier molecular flexibility index (Phi) is 2.05. The van der Waals surface area contributed by atoms with Gasteiger partial charge in [0.15, 0.2) is 0 Å². The lowest BCUT2D eigenvalue weighted by Crippen LogP contribution is -2.27. The average Bonchev–Trinajstić information content (AvgIpc) is 2.78. The standard InChI is InChI=1S/C15H18N2/c1-2-6-12-11(5-1)9-10-17-14-8-4-3-7-13(14)16-15(12)17/h3-4,7-8,11-12H,1-2,5-6,9-10H2. The lowest BCUT2D eigenvalue weighted by molar-refractivity contribution is 0.238. The molecule has 2 aromatic rings. The lowest BCUT2D eigenvalue weighted by Gasteiger charge is -2.35. The van der Waals surface area contributed by atoms with E-state index in [0.717, 1.165) is 11.8 Å². The summed E-state index contributed by atoms with van der Waals surface area (Å²) in [6.07, 6.45) is 6.96. The highest BCUT2D eigenvalue weighted by molar-refractivity contribution is 5.76. The summed E-state index contributed by atoms with van der Waals surface area (Å²) >= 11 is 0. The van der Waals surface area contributed by atoms with E-state index in [0.29, 0.717) is 0 Å². The van der Waals surface area contributed by atoms with Crippen molar-refractivity contribution in [3.05, 3.63) is 30.1 Å². The summed E-state index contributed by atoms with van der Waals surface area (Å²) in [6, 6.07) is 8.59. The monoisotopic (exact) mass is 226 g/mol. The Morgan fingerprint density at radius 2 is 1.94 bits per heavy atom. The Hall–Kier alpha value is -1.31. The van der Waals surface area contributed by atoms with Gasteiger partial charge in [-0.1, -0.05) is 25.0 Å². The minimum Gasteiger partial charge on any atom is -0.328 e. The Morgan fingerprint density at radius 1 is 1.06 bits per heavy atom. The number of aromatic nitrogens is 2. The van der Waals surface area contributed by atoms with Crippen molar-refractivity contribution in [1.29, 1.82) is 0 Å². The second-order valence-corrected chi connectivity index (χ2v) is 5.55. The van der Waals surface area contributed by atoms with Gasteiger partial charge < -0.3 is 4.57 Å². The summed E-state index contributed by atoms with van der Waals surface area (Å²) in [5, 5.41) is 0. The van der Waals surface area contributed by atoms with E-state index in [1.807, 2.05) is 0 Å². The molecular weight excluding hydrogens is 208 g/mol. The molecule has 2 heterocycles. The Bertz CT molecular complexity index is 555. The fourth-order valence-electron chi connectivity index (χ4n) is 3.80. The van der Waals surface area contributed by atoms with Gasteiger partial charge >= 0.3 is 0 Å². The van der Waals surface area contributed by atoms with Gasteiger partial charge in [-0.25, -0.2) is 4.98 Å². The highest BCUT2D eigenvalue weighted by atomic mass is 15.1. The van der Waals surface area contributed by atoms with Crippen molar-refractivity contribution >= 4 is 11.0 Å². The number of hydrogen-bond donors (Lipinski definition) is 0. The first-order chi connectivity index (χ1) is 8.43. The zero-order valence-electron chi connectivity index (χ0n) is 10.1. The van der Waals surface area contributed by atoms with E-state index in [2.05, 4.69) is 28.8 Å². The third-order valence-corrected chi connectivity index (χ3v) is 4.65. The highest BCUT2D eigenvalue weighted by Gasteiger charge is 2.33. The zero-order valence-corrected chi connectivity index (χ0v) is 10.1. The van der Waals surface area contributed by atoms with E-state index in [1.165, 1.54) is 55.5 Å². The summed E-state index contributed by atoms with van der Waals surface area (Å²) in [5.41, 5.74) is 2.53. The van der Waals surface area contributed by atoms with Gasteiger partial charge in [0, 0.05) is 12.5 Å². The molecule has 1 aromatic carbocycles. The summed E-state index contributed by atoms with van der Waals surface area (Å²) in [6.45, 7) is 1.18. The van der Waals surface area contributed by atoms with Crippen LogP contribution in [-0.2, 0) is 6.54 Å². The molecule has 17 heavy (non-hydrogen) atoms. The van der Waals surface area contributed by atoms with Gasteiger partial charge in [-0.05, 0) is 37.3 Å². The topological polar surface area (TPSA) is 17.8 Å². The Balaban J connectivity index is 1.89. The van der Waals surface area contributed by atoms with E-state index in [4.69, 9.17) is 4.98 Å². The minimum atomic E-state index is 0.741. The van der Waals surface area contributed by atoms with Crippen LogP contribution in [0.25, 0.3) is 11.0 Å². The second-order valence-electron chi connectivity index (χ2n) is 5.55. The van der Waals surface area contributed by atoms with Crippen LogP contribution < -0.4 is 0 Å². The number of hydrogen-bond acceptors (Lipinski definition) is 1. The molecule has 2 aliphatic rings. The lowest BCUT2D eigenvalue weighted by atomic mass is 9.75. The first-order valence-electron chi connectivity index (χ1n) is 6.88. The van der Waals surface area contributed by atoms with Crippen molar-refractivity contribution in [2.45, 2.75) is 44.6 Å². The molecular formula is C15H18N2. The smallest absolute Gasteiger partial charge is 0.113 e. The van der Waals surface area contributed by atoms with Crippen molar-refractivity contribution in [3.63, 3.8) is 0 Å². The predicted molar refractivity (Wildman–Crippen MR) is 69.0 cm³/mol. The summed E-state index contributed by atoms with van der Waals surface area (Å²) in [7, 11) is 0. The Morgan fingerprint density at radius 3 is 2.94 bits per heavy atom. The number of nitrogens with zero attached hydrogens (tertiary/aromatic N) is 2. The van der Waals surface area contributed by atoms with E-state index in [9.17, 15) is 0 Å². The molecule has 2 atom stereocenters. The third-order valence-electron chi connectivity index (χ3n) is 4.65. The average molecular weight is 226 g/mol. The molecule has 0 amide bonds. The Labute approximate surface area is 102 Å². The van der Waals surface area contributed by atoms with Crippen LogP contribution >= 0.6 is 0 Å². The first-order valence-corrected chi connectivity index (χ1v) is 6.88. The molecule has 88 valence electrons. The molecule has 2 heteroatoms. The van der Waals surface area contributed by atoms with Gasteiger partial charge in [-0.3, -0.25) is 0 Å². The fourth-order valence-corrected chi connectivity index (χ4v) is 3.80. The molecule has 4 rings (SSSR count). The SMILES string of the molecule is c1ccc2c(c1)nc1n2CCC2CCCCC12. The molecule has 2 nitrogen and oxygen atoms in total. The molecule has 0 radical (unpaired) electrons. The summed E-state index contributed by atoms with van der Waals surface area (Å²) < 4.78 is 2.47. The van der Waals surface area contributed by atoms with E-state index < -0.39 is 0 Å². The minimum absolute atomic E-state index is 0.741. The maximum Gasteiger partial charge on any atom is 0.113 e. The molecule has 0 bridgehead atoms. The first kappa shape index (κ1) is 9.69. The van der Waals surface area contributed by atoms with E-state index in [1.54, 1.807) is 0 Å². The quantitative estimate of drug-likeness (QED) is 0.669. The molecule has 0 N–H and O–H groups in total. The van der Waals surface area contributed by atoms with Gasteiger partial charge in [-0.15, -0.1) is 0 Å². The maximum absolute atomic E-state index is 4.90. The molecule has 1 aromatic heterocycles. The van der Waals surface area contributed by atoms with Crippen molar-refractivity contribution in [1.82, 2.24) is 9.55 Å². The normalized spacial score (nSPS) is 27.8. The third kappa shape index (κ3) is 1.36. The van der Waals surface area contributed by atoms with Gasteiger partial charge in [-0.2, -0.15) is 0 Å². The number of benzene rings is 1. The van der Waals surface area contributed by atoms with Crippen LogP contribution in [-0.4, -0.2) is 9.55 Å². The van der Waals surface area contributed by atoms with E-state index in [-0.39, 0.29) is 0 Å². The number of fused-ring (bicyclic) bond motifs is 5. The van der Waals surface area contributed by atoms with Gasteiger partial charge in [0.1, 0.15) is 5.82 Å².